The summed E-state index contributed by atoms with van der Waals surface area (Å²) in [6.07, 6.45) is 4.71. The summed E-state index contributed by atoms with van der Waals surface area (Å²) in [5.41, 5.74) is 10.6. The molecule has 3 aromatic carbocycles. The summed E-state index contributed by atoms with van der Waals surface area (Å²) < 4.78 is 13.2. The number of H-pyrrole nitrogens is 1. The summed E-state index contributed by atoms with van der Waals surface area (Å²) in [6, 6.07) is 15.9. The minimum absolute atomic E-state index is 0.216. The Morgan fingerprint density at radius 3 is 2.42 bits per heavy atom. The average Bonchev–Trinajstić information content (AvgIpc) is 3.62. The van der Waals surface area contributed by atoms with Gasteiger partial charge in [0.05, 0.1) is 36.2 Å². The van der Waals surface area contributed by atoms with Gasteiger partial charge in [-0.3, -0.25) is 9.48 Å². The number of aromatic amines is 1. The number of para-hydroxylation sites is 1. The number of methoxy groups -OCH3 is 1. The van der Waals surface area contributed by atoms with Crippen LogP contribution in [0.2, 0.25) is 5.02 Å². The Morgan fingerprint density at radius 1 is 1.00 bits per heavy atom. The van der Waals surface area contributed by atoms with Gasteiger partial charge in [-0.1, -0.05) is 35.9 Å². The molecule has 0 unspecified atom stereocenters. The Kier molecular flexibility index (Phi) is 10.5. The number of hydrogen-bond donors (Lipinski definition) is 2. The fourth-order valence-corrected chi connectivity index (χ4v) is 7.28. The molecular formula is C40H46ClN5O4. The van der Waals surface area contributed by atoms with Crippen LogP contribution in [0, 0.1) is 27.7 Å². The van der Waals surface area contributed by atoms with E-state index in [9.17, 15) is 9.59 Å². The van der Waals surface area contributed by atoms with Crippen LogP contribution < -0.4 is 15.0 Å². The van der Waals surface area contributed by atoms with Gasteiger partial charge < -0.3 is 24.7 Å². The molecule has 0 radical (unpaired) electrons. The van der Waals surface area contributed by atoms with E-state index in [1.165, 1.54) is 13.5 Å². The Hall–Kier alpha value is -4.76. The highest BCUT2D eigenvalue weighted by molar-refractivity contribution is 6.32. The molecule has 9 nitrogen and oxygen atoms in total. The van der Waals surface area contributed by atoms with Gasteiger partial charge in [0.15, 0.2) is 0 Å². The zero-order valence-electron chi connectivity index (χ0n) is 29.8. The van der Waals surface area contributed by atoms with E-state index < -0.39 is 0 Å². The van der Waals surface area contributed by atoms with Gasteiger partial charge in [-0.05, 0) is 106 Å². The van der Waals surface area contributed by atoms with Gasteiger partial charge in [-0.25, -0.2) is 4.79 Å². The molecule has 6 rings (SSSR count). The normalized spacial score (nSPS) is 13.1. The molecule has 0 saturated carbocycles. The van der Waals surface area contributed by atoms with Crippen molar-refractivity contribution < 1.29 is 19.1 Å². The van der Waals surface area contributed by atoms with E-state index >= 15 is 0 Å². The zero-order valence-corrected chi connectivity index (χ0v) is 30.6. The van der Waals surface area contributed by atoms with Gasteiger partial charge in [-0.15, -0.1) is 0 Å². The van der Waals surface area contributed by atoms with Crippen molar-refractivity contribution in [1.29, 1.82) is 0 Å². The molecule has 1 aliphatic heterocycles. The van der Waals surface area contributed by atoms with E-state index in [4.69, 9.17) is 21.1 Å². The number of carbonyl (C=O) groups is 2. The SMILES string of the molecule is COC(=O)c1cc(CNC(=O)c2[nH]c3c(-c4c(C)nn(C)c4C)cccc3c2CCCOc2cc(C)c(Cl)c(C)c2)ccc1N1CCCCC1. The number of aromatic nitrogens is 3. The number of anilines is 1. The van der Waals surface area contributed by atoms with Crippen LogP contribution in [0.25, 0.3) is 22.0 Å². The standard InChI is InChI=1S/C40H46ClN5O4/c1-24-20-29(21-25(2)36(24)41)50-19-11-14-31-30-12-10-13-32(35-26(3)44-45(5)27(35)4)37(30)43-38(31)39(47)42-23-28-15-16-34(33(22-28)40(48)49-6)46-17-8-7-9-18-46/h10,12-13,15-16,20-22,43H,7-9,11,14,17-19,23H2,1-6H3,(H,42,47). The number of halogens is 1. The van der Waals surface area contributed by atoms with Crippen molar-refractivity contribution in [2.24, 2.45) is 7.05 Å². The van der Waals surface area contributed by atoms with Crippen molar-refractivity contribution in [3.05, 3.63) is 98.5 Å². The first-order valence-electron chi connectivity index (χ1n) is 17.4. The molecule has 50 heavy (non-hydrogen) atoms. The molecule has 0 aliphatic carbocycles. The molecular weight excluding hydrogens is 650 g/mol. The molecule has 1 saturated heterocycles. The Balaban J connectivity index is 1.28. The van der Waals surface area contributed by atoms with Gasteiger partial charge in [0.1, 0.15) is 11.4 Å². The summed E-state index contributed by atoms with van der Waals surface area (Å²) in [4.78, 5) is 32.6. The van der Waals surface area contributed by atoms with Gasteiger partial charge in [0.2, 0.25) is 0 Å². The fraction of sp³-hybridized carbons (Fsp3) is 0.375. The van der Waals surface area contributed by atoms with E-state index in [0.29, 0.717) is 30.7 Å². The lowest BCUT2D eigenvalue weighted by molar-refractivity contribution is 0.0601. The number of aryl methyl sites for hydroxylation is 5. The number of piperidine rings is 1. The number of nitrogens with zero attached hydrogens (tertiary/aromatic N) is 3. The lowest BCUT2D eigenvalue weighted by Crippen LogP contribution is -2.31. The molecule has 2 aromatic heterocycles. The largest absolute Gasteiger partial charge is 0.494 e. The number of carbonyl (C=O) groups excluding carboxylic acids is 2. The smallest absolute Gasteiger partial charge is 0.339 e. The van der Waals surface area contributed by atoms with Crippen LogP contribution in [0.4, 0.5) is 5.69 Å². The second kappa shape index (κ2) is 15.0. The number of amides is 1. The number of hydrogen-bond acceptors (Lipinski definition) is 6. The molecule has 0 spiro atoms. The minimum atomic E-state index is -0.378. The fourth-order valence-electron chi connectivity index (χ4n) is 7.18. The first-order valence-corrected chi connectivity index (χ1v) is 17.7. The molecule has 0 atom stereocenters. The predicted octanol–water partition coefficient (Wildman–Crippen LogP) is 8.17. The van der Waals surface area contributed by atoms with Crippen LogP contribution in [0.5, 0.6) is 5.75 Å². The van der Waals surface area contributed by atoms with Crippen molar-refractivity contribution in [3.63, 3.8) is 0 Å². The summed E-state index contributed by atoms with van der Waals surface area (Å²) in [5, 5.41) is 9.52. The number of nitrogens with one attached hydrogen (secondary N) is 2. The number of rotatable bonds is 11. The Labute approximate surface area is 298 Å². The lowest BCUT2D eigenvalue weighted by Gasteiger charge is -2.30. The molecule has 262 valence electrons. The summed E-state index contributed by atoms with van der Waals surface area (Å²) in [5.74, 6) is 0.187. The van der Waals surface area contributed by atoms with Crippen LogP contribution in [0.3, 0.4) is 0 Å². The molecule has 5 aromatic rings. The van der Waals surface area contributed by atoms with Gasteiger partial charge >= 0.3 is 5.97 Å². The van der Waals surface area contributed by atoms with Crippen molar-refractivity contribution in [2.45, 2.75) is 66.3 Å². The minimum Gasteiger partial charge on any atom is -0.494 e. The maximum Gasteiger partial charge on any atom is 0.339 e. The second-order valence-electron chi connectivity index (χ2n) is 13.3. The van der Waals surface area contributed by atoms with E-state index in [0.717, 1.165) is 98.1 Å². The number of esters is 1. The van der Waals surface area contributed by atoms with E-state index in [-0.39, 0.29) is 18.4 Å². The number of fused-ring (bicyclic) bond motifs is 1. The van der Waals surface area contributed by atoms with Crippen LogP contribution >= 0.6 is 11.6 Å². The highest BCUT2D eigenvalue weighted by atomic mass is 35.5. The van der Waals surface area contributed by atoms with Crippen molar-refractivity contribution in [2.75, 3.05) is 31.7 Å². The van der Waals surface area contributed by atoms with Crippen LogP contribution in [-0.4, -0.2) is 53.4 Å². The molecule has 2 N–H and O–H groups in total. The molecule has 10 heteroatoms. The second-order valence-corrected chi connectivity index (χ2v) is 13.7. The van der Waals surface area contributed by atoms with Crippen molar-refractivity contribution in [1.82, 2.24) is 20.1 Å². The Morgan fingerprint density at radius 2 is 1.74 bits per heavy atom. The van der Waals surface area contributed by atoms with Crippen molar-refractivity contribution in [3.8, 4) is 16.9 Å². The van der Waals surface area contributed by atoms with Crippen LogP contribution in [0.1, 0.15) is 80.2 Å². The summed E-state index contributed by atoms with van der Waals surface area (Å²) in [6.45, 7) is 10.6. The van der Waals surface area contributed by atoms with Gasteiger partial charge in [0.25, 0.3) is 5.91 Å². The van der Waals surface area contributed by atoms with E-state index in [2.05, 4.69) is 39.4 Å². The molecule has 1 fully saturated rings. The first-order chi connectivity index (χ1) is 24.1. The van der Waals surface area contributed by atoms with Crippen LogP contribution in [0.15, 0.2) is 48.5 Å². The predicted molar refractivity (Wildman–Crippen MR) is 200 cm³/mol. The van der Waals surface area contributed by atoms with Crippen LogP contribution in [-0.2, 0) is 24.8 Å². The molecule has 1 aliphatic rings. The molecule has 3 heterocycles. The highest BCUT2D eigenvalue weighted by Gasteiger charge is 2.23. The third-order valence-electron chi connectivity index (χ3n) is 9.81. The average molecular weight is 696 g/mol. The van der Waals surface area contributed by atoms with Gasteiger partial charge in [-0.2, -0.15) is 5.10 Å². The Bertz CT molecular complexity index is 2030. The third kappa shape index (κ3) is 7.10. The molecule has 0 bridgehead atoms. The number of ether oxygens (including phenoxy) is 2. The maximum absolute atomic E-state index is 14.0. The topological polar surface area (TPSA) is 101 Å². The lowest BCUT2D eigenvalue weighted by atomic mass is 9.98. The monoisotopic (exact) mass is 695 g/mol. The van der Waals surface area contributed by atoms with Gasteiger partial charge in [0, 0.05) is 53.9 Å². The van der Waals surface area contributed by atoms with E-state index in [1.54, 1.807) is 0 Å². The zero-order chi connectivity index (χ0) is 35.5. The first kappa shape index (κ1) is 35.1. The van der Waals surface area contributed by atoms with E-state index in [1.807, 2.05) is 68.9 Å². The molecule has 1 amide bonds. The van der Waals surface area contributed by atoms with Crippen molar-refractivity contribution >= 4 is 40.1 Å². The highest BCUT2D eigenvalue weighted by Crippen LogP contribution is 2.36. The quantitative estimate of drug-likeness (QED) is 0.107. The maximum atomic E-state index is 14.0. The third-order valence-corrected chi connectivity index (χ3v) is 10.4. The summed E-state index contributed by atoms with van der Waals surface area (Å²) in [7, 11) is 3.35. The summed E-state index contributed by atoms with van der Waals surface area (Å²) >= 11 is 6.37. The number of benzene rings is 3.